The molecule has 1 aromatic carbocycles. The van der Waals surface area contributed by atoms with Gasteiger partial charge in [-0.15, -0.1) is 0 Å². The fraction of sp³-hybridized carbons (Fsp3) is 0.611. The minimum Gasteiger partial charge on any atom is -0.352 e. The molecule has 0 bridgehead atoms. The van der Waals surface area contributed by atoms with E-state index in [1.165, 1.54) is 37.8 Å². The van der Waals surface area contributed by atoms with Crippen LogP contribution in [-0.2, 0) is 0 Å². The zero-order chi connectivity index (χ0) is 15.4. The van der Waals surface area contributed by atoms with Crippen LogP contribution in [0, 0.1) is 11.7 Å². The van der Waals surface area contributed by atoms with Crippen LogP contribution >= 0.6 is 0 Å². The van der Waals surface area contributed by atoms with E-state index in [4.69, 9.17) is 0 Å². The molecule has 1 heterocycles. The maximum absolute atomic E-state index is 13.1. The summed E-state index contributed by atoms with van der Waals surface area (Å²) in [6.07, 6.45) is 7.80. The molecule has 0 unspecified atom stereocenters. The first-order chi connectivity index (χ1) is 10.7. The molecule has 1 aliphatic carbocycles. The lowest BCUT2D eigenvalue weighted by molar-refractivity contribution is 0.0924. The first-order valence-corrected chi connectivity index (χ1v) is 8.50. The van der Waals surface area contributed by atoms with Crippen LogP contribution in [0.1, 0.15) is 48.9 Å². The third kappa shape index (κ3) is 3.86. The number of hydrogen-bond donors (Lipinski definition) is 1. The third-order valence-corrected chi connectivity index (χ3v) is 5.13. The third-order valence-electron chi connectivity index (χ3n) is 5.13. The van der Waals surface area contributed by atoms with Gasteiger partial charge in [0.1, 0.15) is 5.82 Å². The summed E-state index contributed by atoms with van der Waals surface area (Å²) in [4.78, 5) is 14.7. The lowest BCUT2D eigenvalue weighted by atomic mass is 9.95. The Morgan fingerprint density at radius 3 is 2.59 bits per heavy atom. The van der Waals surface area contributed by atoms with E-state index in [1.807, 2.05) is 0 Å². The number of benzene rings is 1. The van der Waals surface area contributed by atoms with Crippen LogP contribution in [-0.4, -0.2) is 36.5 Å². The zero-order valence-electron chi connectivity index (χ0n) is 13.1. The zero-order valence-corrected chi connectivity index (χ0v) is 13.1. The smallest absolute Gasteiger partial charge is 0.251 e. The summed E-state index contributed by atoms with van der Waals surface area (Å²) >= 11 is 0. The first kappa shape index (κ1) is 15.5. The summed E-state index contributed by atoms with van der Waals surface area (Å²) < 4.78 is 13.1. The van der Waals surface area contributed by atoms with Gasteiger partial charge in [-0.1, -0.05) is 18.9 Å². The van der Waals surface area contributed by atoms with Gasteiger partial charge in [-0.3, -0.25) is 4.79 Å². The number of likely N-dealkylation sites (tertiary alicyclic amines) is 1. The standard InChI is InChI=1S/C18H25FN2O/c19-16-5-3-4-15(12-16)18(22)20-13-14-8-10-21(11-9-14)17-6-1-2-7-17/h3-5,12,14,17H,1-2,6-11,13H2,(H,20,22). The van der Waals surface area contributed by atoms with Gasteiger partial charge >= 0.3 is 0 Å². The minimum absolute atomic E-state index is 0.169. The molecule has 1 aromatic rings. The summed E-state index contributed by atoms with van der Waals surface area (Å²) in [5.41, 5.74) is 0.406. The average molecular weight is 304 g/mol. The Balaban J connectivity index is 1.42. The highest BCUT2D eigenvalue weighted by Gasteiger charge is 2.27. The molecule has 1 N–H and O–H groups in total. The normalized spacial score (nSPS) is 21.1. The molecule has 1 amide bonds. The van der Waals surface area contributed by atoms with E-state index in [-0.39, 0.29) is 11.7 Å². The van der Waals surface area contributed by atoms with E-state index in [1.54, 1.807) is 12.1 Å². The minimum atomic E-state index is -0.363. The molecule has 3 nitrogen and oxygen atoms in total. The SMILES string of the molecule is O=C(NCC1CCN(C2CCCC2)CC1)c1cccc(F)c1. The van der Waals surface area contributed by atoms with E-state index in [0.717, 1.165) is 32.0 Å². The van der Waals surface area contributed by atoms with Crippen LogP contribution in [0.5, 0.6) is 0 Å². The number of nitrogens with one attached hydrogen (secondary N) is 1. The Bertz CT molecular complexity index is 506. The number of carbonyl (C=O) groups is 1. The van der Waals surface area contributed by atoms with Crippen molar-refractivity contribution in [1.82, 2.24) is 10.2 Å². The Labute approximate surface area is 131 Å². The van der Waals surface area contributed by atoms with Crippen molar-refractivity contribution in [1.29, 1.82) is 0 Å². The maximum atomic E-state index is 13.1. The second-order valence-electron chi connectivity index (χ2n) is 6.64. The Morgan fingerprint density at radius 1 is 1.18 bits per heavy atom. The molecular weight excluding hydrogens is 279 g/mol. The second kappa shape index (κ2) is 7.23. The molecule has 120 valence electrons. The topological polar surface area (TPSA) is 32.3 Å². The van der Waals surface area contributed by atoms with E-state index in [9.17, 15) is 9.18 Å². The molecule has 2 aliphatic rings. The monoisotopic (exact) mass is 304 g/mol. The molecule has 1 saturated heterocycles. The molecule has 4 heteroatoms. The molecular formula is C18H25FN2O. The van der Waals surface area contributed by atoms with Crippen LogP contribution in [0.3, 0.4) is 0 Å². The predicted molar refractivity (Wildman–Crippen MR) is 85.3 cm³/mol. The van der Waals surface area contributed by atoms with Gasteiger partial charge in [0.05, 0.1) is 0 Å². The van der Waals surface area contributed by atoms with Gasteiger partial charge in [-0.2, -0.15) is 0 Å². The van der Waals surface area contributed by atoms with E-state index in [0.29, 0.717) is 18.0 Å². The van der Waals surface area contributed by atoms with Crippen LogP contribution < -0.4 is 5.32 Å². The summed E-state index contributed by atoms with van der Waals surface area (Å²) in [6, 6.07) is 6.68. The van der Waals surface area contributed by atoms with Gasteiger partial charge in [-0.05, 0) is 62.9 Å². The van der Waals surface area contributed by atoms with Crippen molar-refractivity contribution in [3.05, 3.63) is 35.6 Å². The Kier molecular flexibility index (Phi) is 5.08. The van der Waals surface area contributed by atoms with Crippen molar-refractivity contribution in [2.24, 2.45) is 5.92 Å². The van der Waals surface area contributed by atoms with Crippen molar-refractivity contribution >= 4 is 5.91 Å². The van der Waals surface area contributed by atoms with Crippen molar-refractivity contribution in [2.75, 3.05) is 19.6 Å². The average Bonchev–Trinajstić information content (AvgIpc) is 3.07. The Morgan fingerprint density at radius 2 is 1.91 bits per heavy atom. The fourth-order valence-electron chi connectivity index (χ4n) is 3.76. The fourth-order valence-corrected chi connectivity index (χ4v) is 3.76. The molecule has 3 rings (SSSR count). The van der Waals surface area contributed by atoms with Crippen molar-refractivity contribution in [2.45, 2.75) is 44.6 Å². The van der Waals surface area contributed by atoms with E-state index >= 15 is 0 Å². The Hall–Kier alpha value is -1.42. The molecule has 1 aliphatic heterocycles. The molecule has 1 saturated carbocycles. The van der Waals surface area contributed by atoms with Crippen LogP contribution in [0.25, 0.3) is 0 Å². The number of rotatable bonds is 4. The number of piperidine rings is 1. The summed E-state index contributed by atoms with van der Waals surface area (Å²) in [6.45, 7) is 3.02. The van der Waals surface area contributed by atoms with Gasteiger partial charge in [-0.25, -0.2) is 4.39 Å². The number of hydrogen-bond acceptors (Lipinski definition) is 2. The van der Waals surface area contributed by atoms with E-state index in [2.05, 4.69) is 10.2 Å². The molecule has 0 spiro atoms. The quantitative estimate of drug-likeness (QED) is 0.926. The molecule has 0 atom stereocenters. The maximum Gasteiger partial charge on any atom is 0.251 e. The number of halogens is 1. The molecule has 0 aromatic heterocycles. The number of nitrogens with zero attached hydrogens (tertiary/aromatic N) is 1. The summed E-state index contributed by atoms with van der Waals surface area (Å²) in [7, 11) is 0. The van der Waals surface area contributed by atoms with Crippen molar-refractivity contribution in [3.63, 3.8) is 0 Å². The summed E-state index contributed by atoms with van der Waals surface area (Å²) in [5.74, 6) is 0.0189. The molecule has 0 radical (unpaired) electrons. The van der Waals surface area contributed by atoms with Crippen LogP contribution in [0.2, 0.25) is 0 Å². The van der Waals surface area contributed by atoms with Gasteiger partial charge in [0, 0.05) is 18.2 Å². The number of amides is 1. The van der Waals surface area contributed by atoms with Crippen molar-refractivity contribution < 1.29 is 9.18 Å². The second-order valence-corrected chi connectivity index (χ2v) is 6.64. The van der Waals surface area contributed by atoms with E-state index < -0.39 is 0 Å². The van der Waals surface area contributed by atoms with Crippen LogP contribution in [0.15, 0.2) is 24.3 Å². The largest absolute Gasteiger partial charge is 0.352 e. The highest BCUT2D eigenvalue weighted by Crippen LogP contribution is 2.27. The highest BCUT2D eigenvalue weighted by molar-refractivity contribution is 5.94. The van der Waals surface area contributed by atoms with Crippen molar-refractivity contribution in [3.8, 4) is 0 Å². The lowest BCUT2D eigenvalue weighted by Crippen LogP contribution is -2.42. The highest BCUT2D eigenvalue weighted by atomic mass is 19.1. The predicted octanol–water partition coefficient (Wildman–Crippen LogP) is 3.21. The lowest BCUT2D eigenvalue weighted by Gasteiger charge is -2.36. The summed E-state index contributed by atoms with van der Waals surface area (Å²) in [5, 5.41) is 2.96. The first-order valence-electron chi connectivity index (χ1n) is 8.50. The van der Waals surface area contributed by atoms with Crippen LogP contribution in [0.4, 0.5) is 4.39 Å². The number of carbonyl (C=O) groups excluding carboxylic acids is 1. The van der Waals surface area contributed by atoms with Gasteiger partial charge < -0.3 is 10.2 Å². The molecule has 22 heavy (non-hydrogen) atoms. The molecule has 2 fully saturated rings. The van der Waals surface area contributed by atoms with Gasteiger partial charge in [0.2, 0.25) is 0 Å². The van der Waals surface area contributed by atoms with Gasteiger partial charge in [0.25, 0.3) is 5.91 Å². The van der Waals surface area contributed by atoms with Gasteiger partial charge in [0.15, 0.2) is 0 Å².